The molecule has 0 spiro atoms. The van der Waals surface area contributed by atoms with E-state index in [1.165, 1.54) is 0 Å². The van der Waals surface area contributed by atoms with Crippen LogP contribution in [-0.2, 0) is 4.74 Å². The van der Waals surface area contributed by atoms with E-state index in [1.807, 2.05) is 31.2 Å². The van der Waals surface area contributed by atoms with Gasteiger partial charge in [0.05, 0.1) is 36.8 Å². The molecule has 1 atom stereocenters. The molecule has 1 aromatic heterocycles. The molecular formula is C27H29ClN2O5. The van der Waals surface area contributed by atoms with Gasteiger partial charge in [-0.25, -0.2) is 0 Å². The number of hydrogen-bond donors (Lipinski definition) is 0. The van der Waals surface area contributed by atoms with Crippen LogP contribution in [0.2, 0.25) is 5.02 Å². The summed E-state index contributed by atoms with van der Waals surface area (Å²) in [5.74, 6) is 0.603. The Labute approximate surface area is 209 Å². The van der Waals surface area contributed by atoms with Crippen LogP contribution in [0.1, 0.15) is 46.6 Å². The van der Waals surface area contributed by atoms with Crippen LogP contribution in [0.3, 0.4) is 0 Å². The Bertz CT molecular complexity index is 1300. The minimum absolute atomic E-state index is 0.113. The fraction of sp³-hybridized carbons (Fsp3) is 0.407. The molecule has 1 fully saturated rings. The van der Waals surface area contributed by atoms with Gasteiger partial charge in [-0.3, -0.25) is 14.5 Å². The smallest absolute Gasteiger partial charge is 0.290 e. The molecule has 35 heavy (non-hydrogen) atoms. The number of carbonyl (C=O) groups excluding carboxylic acids is 1. The van der Waals surface area contributed by atoms with Crippen molar-refractivity contribution in [2.75, 3.05) is 46.0 Å². The molecule has 5 rings (SSSR count). The number of aryl methyl sites for hydroxylation is 1. The van der Waals surface area contributed by atoms with Crippen molar-refractivity contribution in [3.63, 3.8) is 0 Å². The van der Waals surface area contributed by atoms with Crippen LogP contribution in [-0.4, -0.2) is 61.7 Å². The summed E-state index contributed by atoms with van der Waals surface area (Å²) in [7, 11) is 0. The molecule has 2 aliphatic heterocycles. The predicted octanol–water partition coefficient (Wildman–Crippen LogP) is 4.42. The highest BCUT2D eigenvalue weighted by atomic mass is 35.5. The van der Waals surface area contributed by atoms with Crippen molar-refractivity contribution in [1.29, 1.82) is 0 Å². The topological polar surface area (TPSA) is 72.2 Å². The largest absolute Gasteiger partial charge is 0.494 e. The summed E-state index contributed by atoms with van der Waals surface area (Å²) in [5, 5.41) is 0.877. The number of nitrogens with zero attached hydrogens (tertiary/aromatic N) is 2. The molecular weight excluding hydrogens is 468 g/mol. The third-order valence-corrected chi connectivity index (χ3v) is 7.08. The zero-order chi connectivity index (χ0) is 24.5. The van der Waals surface area contributed by atoms with Gasteiger partial charge in [0.15, 0.2) is 5.43 Å². The molecule has 1 saturated heterocycles. The van der Waals surface area contributed by atoms with Gasteiger partial charge in [-0.15, -0.1) is 0 Å². The van der Waals surface area contributed by atoms with Gasteiger partial charge in [-0.05, 0) is 48.7 Å². The lowest BCUT2D eigenvalue weighted by Gasteiger charge is -2.31. The van der Waals surface area contributed by atoms with E-state index < -0.39 is 6.04 Å². The molecule has 0 N–H and O–H groups in total. The Balaban J connectivity index is 1.57. The predicted molar refractivity (Wildman–Crippen MR) is 135 cm³/mol. The minimum Gasteiger partial charge on any atom is -0.494 e. The summed E-state index contributed by atoms with van der Waals surface area (Å²) in [5.41, 5.74) is 2.15. The summed E-state index contributed by atoms with van der Waals surface area (Å²) in [6.45, 7) is 8.70. The molecule has 8 heteroatoms. The number of morpholine rings is 1. The Morgan fingerprint density at radius 3 is 2.54 bits per heavy atom. The molecule has 3 heterocycles. The Kier molecular flexibility index (Phi) is 6.82. The monoisotopic (exact) mass is 496 g/mol. The number of rotatable bonds is 7. The van der Waals surface area contributed by atoms with Crippen LogP contribution >= 0.6 is 11.6 Å². The maximum Gasteiger partial charge on any atom is 0.290 e. The van der Waals surface area contributed by atoms with Crippen molar-refractivity contribution in [2.24, 2.45) is 0 Å². The molecule has 2 aromatic carbocycles. The Hall–Kier alpha value is -2.87. The van der Waals surface area contributed by atoms with Crippen LogP contribution in [0.4, 0.5) is 0 Å². The third kappa shape index (κ3) is 4.56. The van der Waals surface area contributed by atoms with E-state index in [9.17, 15) is 9.59 Å². The number of fused-ring (bicyclic) bond motifs is 2. The maximum absolute atomic E-state index is 13.7. The van der Waals surface area contributed by atoms with Crippen LogP contribution in [0.25, 0.3) is 11.0 Å². The molecule has 7 nitrogen and oxygen atoms in total. The van der Waals surface area contributed by atoms with Crippen LogP contribution in [0.15, 0.2) is 45.6 Å². The first-order valence-electron chi connectivity index (χ1n) is 12.1. The van der Waals surface area contributed by atoms with E-state index in [0.717, 1.165) is 36.4 Å². The van der Waals surface area contributed by atoms with Gasteiger partial charge in [0.2, 0.25) is 5.76 Å². The second-order valence-corrected chi connectivity index (χ2v) is 9.45. The molecule has 0 saturated carbocycles. The van der Waals surface area contributed by atoms with Crippen molar-refractivity contribution < 1.29 is 18.7 Å². The molecule has 1 unspecified atom stereocenters. The fourth-order valence-corrected chi connectivity index (χ4v) is 4.92. The van der Waals surface area contributed by atoms with E-state index in [1.54, 1.807) is 17.0 Å². The van der Waals surface area contributed by atoms with Gasteiger partial charge < -0.3 is 18.8 Å². The highest BCUT2D eigenvalue weighted by Gasteiger charge is 2.42. The summed E-state index contributed by atoms with van der Waals surface area (Å²) >= 11 is 6.33. The van der Waals surface area contributed by atoms with Crippen molar-refractivity contribution in [3.05, 3.63) is 74.1 Å². The number of hydrogen-bond acceptors (Lipinski definition) is 6. The summed E-state index contributed by atoms with van der Waals surface area (Å²) in [4.78, 5) is 31.4. The normalized spacial score (nSPS) is 18.3. The van der Waals surface area contributed by atoms with Crippen LogP contribution < -0.4 is 10.2 Å². The van der Waals surface area contributed by atoms with Crippen molar-refractivity contribution in [2.45, 2.75) is 26.3 Å². The van der Waals surface area contributed by atoms with Crippen LogP contribution in [0.5, 0.6) is 5.75 Å². The molecule has 3 aromatic rings. The lowest BCUT2D eigenvalue weighted by Crippen LogP contribution is -2.42. The average Bonchev–Trinajstić information content (AvgIpc) is 3.15. The quantitative estimate of drug-likeness (QED) is 0.482. The average molecular weight is 497 g/mol. The fourth-order valence-electron chi connectivity index (χ4n) is 4.76. The van der Waals surface area contributed by atoms with Crippen molar-refractivity contribution in [3.8, 4) is 5.75 Å². The van der Waals surface area contributed by atoms with Crippen molar-refractivity contribution in [1.82, 2.24) is 9.80 Å². The van der Waals surface area contributed by atoms with Gasteiger partial charge in [-0.2, -0.15) is 0 Å². The molecule has 0 radical (unpaired) electrons. The molecule has 2 aliphatic rings. The number of ether oxygens (including phenoxy) is 2. The number of amides is 1. The highest BCUT2D eigenvalue weighted by molar-refractivity contribution is 6.32. The lowest BCUT2D eigenvalue weighted by molar-refractivity contribution is 0.0314. The first-order valence-corrected chi connectivity index (χ1v) is 12.5. The molecule has 184 valence electrons. The van der Waals surface area contributed by atoms with Crippen LogP contribution in [0, 0.1) is 6.92 Å². The van der Waals surface area contributed by atoms with E-state index >= 15 is 0 Å². The van der Waals surface area contributed by atoms with Gasteiger partial charge in [-0.1, -0.05) is 30.7 Å². The minimum atomic E-state index is -0.542. The van der Waals surface area contributed by atoms with Gasteiger partial charge >= 0.3 is 0 Å². The summed E-state index contributed by atoms with van der Waals surface area (Å²) in [6, 6.07) is 10.4. The first kappa shape index (κ1) is 23.9. The van der Waals surface area contributed by atoms with Gasteiger partial charge in [0.25, 0.3) is 5.91 Å². The third-order valence-electron chi connectivity index (χ3n) is 6.68. The van der Waals surface area contributed by atoms with E-state index in [2.05, 4.69) is 11.8 Å². The molecule has 1 amide bonds. The van der Waals surface area contributed by atoms with Gasteiger partial charge in [0.1, 0.15) is 11.3 Å². The summed E-state index contributed by atoms with van der Waals surface area (Å²) in [6.07, 6.45) is 0.914. The van der Waals surface area contributed by atoms with E-state index in [0.29, 0.717) is 54.5 Å². The standard InChI is InChI=1S/C27H29ClN2O5/c1-3-12-34-19-6-4-18(5-7-19)24-23-25(31)20-16-21(28)17(2)15-22(20)35-26(23)27(32)30(24)9-8-29-10-13-33-14-11-29/h4-7,15-16,24H,3,8-14H2,1-2H3. The molecule has 0 bridgehead atoms. The van der Waals surface area contributed by atoms with E-state index in [4.69, 9.17) is 25.5 Å². The first-order chi connectivity index (χ1) is 17.0. The Morgan fingerprint density at radius 2 is 1.83 bits per heavy atom. The lowest BCUT2D eigenvalue weighted by atomic mass is 9.98. The number of carbonyl (C=O) groups is 1. The second-order valence-electron chi connectivity index (χ2n) is 9.04. The maximum atomic E-state index is 13.7. The Morgan fingerprint density at radius 1 is 1.09 bits per heavy atom. The zero-order valence-corrected chi connectivity index (χ0v) is 20.8. The zero-order valence-electron chi connectivity index (χ0n) is 20.0. The summed E-state index contributed by atoms with van der Waals surface area (Å²) < 4.78 is 17.3. The number of benzene rings is 2. The van der Waals surface area contributed by atoms with Crippen molar-refractivity contribution >= 4 is 28.5 Å². The SMILES string of the molecule is CCCOc1ccc(C2c3c(oc4cc(C)c(Cl)cc4c3=O)C(=O)N2CCN2CCOCC2)cc1. The highest BCUT2D eigenvalue weighted by Crippen LogP contribution is 2.39. The second kappa shape index (κ2) is 10.0. The molecule has 0 aliphatic carbocycles. The van der Waals surface area contributed by atoms with E-state index in [-0.39, 0.29) is 17.1 Å². The number of halogens is 1. The van der Waals surface area contributed by atoms with Gasteiger partial charge in [0, 0.05) is 31.2 Å².